The highest BCUT2D eigenvalue weighted by atomic mass is 16.4. The first kappa shape index (κ1) is 21.8. The molecular formula is C23H27N9O2. The molecule has 0 aliphatic carbocycles. The van der Waals surface area contributed by atoms with Gasteiger partial charge in [0.15, 0.2) is 0 Å². The average molecular weight is 462 g/mol. The van der Waals surface area contributed by atoms with Crippen LogP contribution < -0.4 is 5.32 Å². The van der Waals surface area contributed by atoms with Crippen molar-refractivity contribution >= 4 is 28.9 Å². The average Bonchev–Trinajstić information content (AvgIpc) is 3.35. The smallest absolute Gasteiger partial charge is 0.407 e. The van der Waals surface area contributed by atoms with E-state index in [0.29, 0.717) is 19.0 Å². The van der Waals surface area contributed by atoms with E-state index < -0.39 is 6.09 Å². The lowest BCUT2D eigenvalue weighted by molar-refractivity contribution is -0.0422. The van der Waals surface area contributed by atoms with Crippen LogP contribution in [0.2, 0.25) is 0 Å². The number of hydrogen-bond donors (Lipinski definition) is 2. The van der Waals surface area contributed by atoms with Crippen molar-refractivity contribution in [1.82, 2.24) is 39.6 Å². The van der Waals surface area contributed by atoms with Gasteiger partial charge in [-0.1, -0.05) is 32.1 Å². The summed E-state index contributed by atoms with van der Waals surface area (Å²) < 4.78 is 3.58. The normalized spacial score (nSPS) is 18.2. The SMILES string of the molecule is Cn1nccc1Nc1nccc(-c2ccc3c(c2)nnn3CC2CN(C(=O)O)C2C(C)(C)C)n1. The highest BCUT2D eigenvalue weighted by Crippen LogP contribution is 2.39. The number of nitrogens with zero attached hydrogens (tertiary/aromatic N) is 8. The van der Waals surface area contributed by atoms with Crippen molar-refractivity contribution in [1.29, 1.82) is 0 Å². The van der Waals surface area contributed by atoms with Crippen LogP contribution in [0.25, 0.3) is 22.3 Å². The molecule has 1 aromatic carbocycles. The van der Waals surface area contributed by atoms with Crippen molar-refractivity contribution in [2.75, 3.05) is 11.9 Å². The lowest BCUT2D eigenvalue weighted by atomic mass is 9.72. The predicted octanol–water partition coefficient (Wildman–Crippen LogP) is 3.39. The lowest BCUT2D eigenvalue weighted by Gasteiger charge is -2.52. The molecule has 0 saturated carbocycles. The second kappa shape index (κ2) is 8.08. The topological polar surface area (TPSA) is 127 Å². The number of carboxylic acid groups (broad SMARTS) is 1. The second-order valence-electron chi connectivity index (χ2n) is 9.71. The minimum atomic E-state index is -0.869. The Morgan fingerprint density at radius 1 is 1.21 bits per heavy atom. The molecule has 11 heteroatoms. The number of amides is 1. The van der Waals surface area contributed by atoms with E-state index in [9.17, 15) is 9.90 Å². The highest BCUT2D eigenvalue weighted by molar-refractivity contribution is 5.80. The van der Waals surface area contributed by atoms with Crippen LogP contribution >= 0.6 is 0 Å². The fourth-order valence-electron chi connectivity index (χ4n) is 4.79. The van der Waals surface area contributed by atoms with Crippen LogP contribution in [0, 0.1) is 11.3 Å². The van der Waals surface area contributed by atoms with Crippen molar-refractivity contribution < 1.29 is 9.90 Å². The molecule has 0 bridgehead atoms. The van der Waals surface area contributed by atoms with Gasteiger partial charge in [0.2, 0.25) is 5.95 Å². The molecule has 11 nitrogen and oxygen atoms in total. The first-order valence-corrected chi connectivity index (χ1v) is 11.1. The number of carbonyl (C=O) groups is 1. The van der Waals surface area contributed by atoms with E-state index in [0.717, 1.165) is 28.1 Å². The summed E-state index contributed by atoms with van der Waals surface area (Å²) in [5.41, 5.74) is 3.19. The first-order chi connectivity index (χ1) is 16.2. The monoisotopic (exact) mass is 461 g/mol. The van der Waals surface area contributed by atoms with Crippen LogP contribution in [0.3, 0.4) is 0 Å². The van der Waals surface area contributed by atoms with Gasteiger partial charge in [-0.2, -0.15) is 5.10 Å². The zero-order chi connectivity index (χ0) is 24.0. The summed E-state index contributed by atoms with van der Waals surface area (Å²) in [6.45, 7) is 7.35. The van der Waals surface area contributed by atoms with Crippen molar-refractivity contribution in [2.45, 2.75) is 33.4 Å². The molecule has 2 unspecified atom stereocenters. The number of nitrogens with one attached hydrogen (secondary N) is 1. The van der Waals surface area contributed by atoms with E-state index in [-0.39, 0.29) is 17.4 Å². The quantitative estimate of drug-likeness (QED) is 0.463. The predicted molar refractivity (Wildman–Crippen MR) is 127 cm³/mol. The summed E-state index contributed by atoms with van der Waals surface area (Å²) in [6.07, 6.45) is 2.54. The molecule has 0 radical (unpaired) electrons. The maximum Gasteiger partial charge on any atom is 0.407 e. The number of aryl methyl sites for hydroxylation is 1. The van der Waals surface area contributed by atoms with Gasteiger partial charge in [0.1, 0.15) is 11.3 Å². The summed E-state index contributed by atoms with van der Waals surface area (Å²) in [4.78, 5) is 22.0. The fourth-order valence-corrected chi connectivity index (χ4v) is 4.79. The number of benzene rings is 1. The van der Waals surface area contributed by atoms with Crippen LogP contribution in [-0.4, -0.2) is 63.4 Å². The Bertz CT molecular complexity index is 1350. The molecule has 3 aromatic heterocycles. The summed E-state index contributed by atoms with van der Waals surface area (Å²) in [7, 11) is 1.84. The van der Waals surface area contributed by atoms with E-state index in [2.05, 4.69) is 51.5 Å². The number of aromatic nitrogens is 7. The molecule has 1 saturated heterocycles. The summed E-state index contributed by atoms with van der Waals surface area (Å²) >= 11 is 0. The molecular weight excluding hydrogens is 434 g/mol. The molecule has 5 rings (SSSR count). The number of fused-ring (bicyclic) bond motifs is 1. The second-order valence-corrected chi connectivity index (χ2v) is 9.71. The molecule has 1 aliphatic rings. The molecule has 2 atom stereocenters. The molecule has 2 N–H and O–H groups in total. The van der Waals surface area contributed by atoms with Gasteiger partial charge in [0.05, 0.1) is 17.4 Å². The minimum absolute atomic E-state index is 0.0603. The largest absolute Gasteiger partial charge is 0.465 e. The summed E-state index contributed by atoms with van der Waals surface area (Å²) in [5.74, 6) is 1.45. The number of rotatable bonds is 5. The summed E-state index contributed by atoms with van der Waals surface area (Å²) in [6, 6.07) is 9.58. The van der Waals surface area contributed by atoms with Crippen molar-refractivity contribution in [3.63, 3.8) is 0 Å². The standard InChI is InChI=1S/C23H27N9O2/c1-23(2,3)20-15(12-31(20)22(33)34)13-32-18-6-5-14(11-17(18)28-29-32)16-7-9-24-21(26-16)27-19-8-10-25-30(19)4/h5-11,15,20H,12-13H2,1-4H3,(H,33,34)(H,24,26,27). The van der Waals surface area contributed by atoms with E-state index >= 15 is 0 Å². The Balaban J connectivity index is 1.37. The number of anilines is 2. The van der Waals surface area contributed by atoms with Crippen LogP contribution in [-0.2, 0) is 13.6 Å². The zero-order valence-corrected chi connectivity index (χ0v) is 19.5. The Hall–Kier alpha value is -4.02. The van der Waals surface area contributed by atoms with Gasteiger partial charge in [-0.25, -0.2) is 19.4 Å². The van der Waals surface area contributed by atoms with Crippen molar-refractivity contribution in [3.8, 4) is 11.3 Å². The van der Waals surface area contributed by atoms with Crippen molar-refractivity contribution in [2.24, 2.45) is 18.4 Å². The van der Waals surface area contributed by atoms with Crippen LogP contribution in [0.1, 0.15) is 20.8 Å². The van der Waals surface area contributed by atoms with Gasteiger partial charge in [0.25, 0.3) is 0 Å². The van der Waals surface area contributed by atoms with Crippen LogP contribution in [0.4, 0.5) is 16.6 Å². The van der Waals surface area contributed by atoms with Gasteiger partial charge < -0.3 is 15.3 Å². The molecule has 176 valence electrons. The van der Waals surface area contributed by atoms with E-state index in [4.69, 9.17) is 0 Å². The van der Waals surface area contributed by atoms with Gasteiger partial charge >= 0.3 is 6.09 Å². The van der Waals surface area contributed by atoms with Gasteiger partial charge in [-0.15, -0.1) is 5.10 Å². The molecule has 0 spiro atoms. The number of hydrogen-bond acceptors (Lipinski definition) is 7. The molecule has 1 amide bonds. The van der Waals surface area contributed by atoms with Crippen LogP contribution in [0.5, 0.6) is 0 Å². The third-order valence-electron chi connectivity index (χ3n) is 6.28. The van der Waals surface area contributed by atoms with Crippen molar-refractivity contribution in [3.05, 3.63) is 42.7 Å². The Morgan fingerprint density at radius 3 is 2.74 bits per heavy atom. The van der Waals surface area contributed by atoms with Gasteiger partial charge in [-0.05, 0) is 23.6 Å². The number of likely N-dealkylation sites (tertiary alicyclic amines) is 1. The van der Waals surface area contributed by atoms with Gasteiger partial charge in [-0.3, -0.25) is 4.68 Å². The van der Waals surface area contributed by atoms with E-state index in [1.54, 1.807) is 17.1 Å². The third-order valence-corrected chi connectivity index (χ3v) is 6.28. The maximum absolute atomic E-state index is 11.6. The Kier molecular flexibility index (Phi) is 5.18. The first-order valence-electron chi connectivity index (χ1n) is 11.1. The molecule has 4 aromatic rings. The van der Waals surface area contributed by atoms with E-state index in [1.165, 1.54) is 4.90 Å². The maximum atomic E-state index is 11.6. The molecule has 1 fully saturated rings. The molecule has 4 heterocycles. The zero-order valence-electron chi connectivity index (χ0n) is 19.5. The van der Waals surface area contributed by atoms with E-state index in [1.807, 2.05) is 42.1 Å². The lowest BCUT2D eigenvalue weighted by Crippen LogP contribution is -2.64. The fraction of sp³-hybridized carbons (Fsp3) is 0.391. The third kappa shape index (κ3) is 3.93. The Morgan fingerprint density at radius 2 is 2.03 bits per heavy atom. The van der Waals surface area contributed by atoms with Crippen LogP contribution in [0.15, 0.2) is 42.7 Å². The highest BCUT2D eigenvalue weighted by Gasteiger charge is 2.48. The summed E-state index contributed by atoms with van der Waals surface area (Å²) in [5, 5.41) is 25.5. The molecule has 1 aliphatic heterocycles. The van der Waals surface area contributed by atoms with Gasteiger partial charge in [0, 0.05) is 49.9 Å². The molecule has 34 heavy (non-hydrogen) atoms. The Labute approximate surface area is 196 Å². The minimum Gasteiger partial charge on any atom is -0.465 e.